The van der Waals surface area contributed by atoms with Crippen molar-refractivity contribution in [3.05, 3.63) is 36.4 Å². The third-order valence-electron chi connectivity index (χ3n) is 2.38. The Bertz CT molecular complexity index is 755. The summed E-state index contributed by atoms with van der Waals surface area (Å²) in [5, 5.41) is 0.857. The largest absolute Gasteiger partial charge is 0.294 e. The summed E-state index contributed by atoms with van der Waals surface area (Å²) in [4.78, 5) is -0.566. The summed E-state index contributed by atoms with van der Waals surface area (Å²) in [6.45, 7) is 0. The van der Waals surface area contributed by atoms with Crippen LogP contribution in [0.2, 0.25) is 0 Å². The first-order valence-corrected chi connectivity index (χ1v) is 7.55. The van der Waals surface area contributed by atoms with Gasteiger partial charge in [-0.05, 0) is 35.0 Å². The Morgan fingerprint density at radius 2 is 1.00 bits per heavy atom. The fourth-order valence-corrected chi connectivity index (χ4v) is 2.55. The zero-order valence-corrected chi connectivity index (χ0v) is 13.4. The molecule has 0 bridgehead atoms. The first kappa shape index (κ1) is 16.8. The molecule has 0 aliphatic rings. The average Bonchev–Trinajstić information content (AvgIpc) is 2.25. The quantitative estimate of drug-likeness (QED) is 0.627. The summed E-state index contributed by atoms with van der Waals surface area (Å²) in [7, 11) is -8.60. The molecule has 0 spiro atoms. The minimum atomic E-state index is -4.30. The summed E-state index contributed by atoms with van der Waals surface area (Å²) in [5.74, 6) is 0. The number of hydrogen-bond acceptors (Lipinski definition) is 4. The normalized spacial score (nSPS) is 12.1. The van der Waals surface area contributed by atoms with Gasteiger partial charge >= 0.3 is 0 Å². The molecule has 2 aromatic rings. The van der Waals surface area contributed by atoms with Crippen molar-refractivity contribution in [2.24, 2.45) is 0 Å². The van der Waals surface area contributed by atoms with Crippen LogP contribution in [-0.2, 0) is 20.2 Å². The van der Waals surface area contributed by atoms with Crippen LogP contribution in [-0.4, -0.2) is 63.7 Å². The van der Waals surface area contributed by atoms with Gasteiger partial charge in [-0.3, -0.25) is 9.11 Å². The van der Waals surface area contributed by atoms with Gasteiger partial charge in [0.1, 0.15) is 0 Å². The summed E-state index contributed by atoms with van der Waals surface area (Å²) >= 11 is 0. The Labute approximate surface area is 139 Å². The van der Waals surface area contributed by atoms with E-state index in [4.69, 9.17) is 9.11 Å². The molecule has 0 aromatic heterocycles. The van der Waals surface area contributed by atoms with Crippen LogP contribution in [0.5, 0.6) is 0 Å². The van der Waals surface area contributed by atoms with Gasteiger partial charge in [-0.15, -0.1) is 0 Å². The molecule has 2 rings (SSSR count). The van der Waals surface area contributed by atoms with E-state index in [-0.39, 0.29) is 47.5 Å². The van der Waals surface area contributed by atoms with Crippen LogP contribution < -0.4 is 0 Å². The molecule has 19 heavy (non-hydrogen) atoms. The summed E-state index contributed by atoms with van der Waals surface area (Å²) < 4.78 is 61.4. The number of benzene rings is 2. The minimum absolute atomic E-state index is 0. The van der Waals surface area contributed by atoms with Crippen LogP contribution in [0, 0.1) is 0 Å². The summed E-state index contributed by atoms with van der Waals surface area (Å²) in [6.07, 6.45) is 0. The molecular formula is C10H8CaO6S2. The Morgan fingerprint density at radius 3 is 1.26 bits per heavy atom. The monoisotopic (exact) mass is 328 g/mol. The molecule has 9 heteroatoms. The molecule has 0 amide bonds. The molecule has 0 saturated carbocycles. The molecule has 0 aliphatic heterocycles. The number of hydrogen-bond donors (Lipinski definition) is 2. The van der Waals surface area contributed by atoms with Crippen LogP contribution in [0.4, 0.5) is 0 Å². The predicted molar refractivity (Wildman–Crippen MR) is 69.3 cm³/mol. The van der Waals surface area contributed by atoms with Gasteiger partial charge in [0, 0.05) is 37.7 Å². The van der Waals surface area contributed by atoms with Crippen molar-refractivity contribution in [2.45, 2.75) is 9.79 Å². The van der Waals surface area contributed by atoms with Crippen molar-refractivity contribution in [1.82, 2.24) is 0 Å². The second kappa shape index (κ2) is 5.64. The Kier molecular flexibility index (Phi) is 5.00. The molecule has 2 N–H and O–H groups in total. The maximum absolute atomic E-state index is 10.9. The van der Waals surface area contributed by atoms with Crippen LogP contribution in [0.3, 0.4) is 0 Å². The molecular weight excluding hydrogens is 320 g/mol. The van der Waals surface area contributed by atoms with Crippen molar-refractivity contribution >= 4 is 68.7 Å². The van der Waals surface area contributed by atoms with Crippen molar-refractivity contribution in [3.63, 3.8) is 0 Å². The minimum Gasteiger partial charge on any atom is -0.282 e. The van der Waals surface area contributed by atoms with E-state index in [0.29, 0.717) is 10.8 Å². The SMILES string of the molecule is O=S(=O)(O)c1ccc2cc(S(=O)(=O)O)ccc2c1.[Ca]. The standard InChI is InChI=1S/C10H8O6S2.Ca/c11-17(12,13)9-3-1-7-5-10(18(14,15)16)4-2-8(7)6-9;/h1-6H,(H,11,12,13)(H,14,15,16);. The first-order valence-electron chi connectivity index (χ1n) is 4.67. The molecule has 0 saturated heterocycles. The molecule has 6 nitrogen and oxygen atoms in total. The molecule has 0 heterocycles. The van der Waals surface area contributed by atoms with Gasteiger partial charge in [0.15, 0.2) is 0 Å². The molecule has 98 valence electrons. The fourth-order valence-electron chi connectivity index (χ4n) is 1.52. The van der Waals surface area contributed by atoms with Crippen LogP contribution >= 0.6 is 0 Å². The van der Waals surface area contributed by atoms with E-state index in [2.05, 4.69) is 0 Å². The van der Waals surface area contributed by atoms with Crippen molar-refractivity contribution in [3.8, 4) is 0 Å². The van der Waals surface area contributed by atoms with Gasteiger partial charge < -0.3 is 0 Å². The summed E-state index contributed by atoms with van der Waals surface area (Å²) in [5.41, 5.74) is 0. The van der Waals surface area contributed by atoms with Gasteiger partial charge in [0.2, 0.25) is 0 Å². The molecule has 0 aliphatic carbocycles. The predicted octanol–water partition coefficient (Wildman–Crippen LogP) is 0.952. The molecule has 0 fully saturated rings. The van der Waals surface area contributed by atoms with E-state index in [1.54, 1.807) is 0 Å². The fraction of sp³-hybridized carbons (Fsp3) is 0. The van der Waals surface area contributed by atoms with Crippen LogP contribution in [0.25, 0.3) is 10.8 Å². The van der Waals surface area contributed by atoms with Gasteiger partial charge in [0.05, 0.1) is 9.79 Å². The molecule has 2 aromatic carbocycles. The van der Waals surface area contributed by atoms with Crippen molar-refractivity contribution < 1.29 is 25.9 Å². The van der Waals surface area contributed by atoms with Gasteiger partial charge in [-0.2, -0.15) is 16.8 Å². The van der Waals surface area contributed by atoms with E-state index in [9.17, 15) is 16.8 Å². The van der Waals surface area contributed by atoms with E-state index < -0.39 is 20.2 Å². The molecule has 0 atom stereocenters. The second-order valence-electron chi connectivity index (χ2n) is 3.62. The van der Waals surface area contributed by atoms with Gasteiger partial charge in [-0.25, -0.2) is 0 Å². The zero-order valence-electron chi connectivity index (χ0n) is 9.52. The smallest absolute Gasteiger partial charge is 0.282 e. The Balaban J connectivity index is 0.00000180. The first-order chi connectivity index (χ1) is 8.18. The number of rotatable bonds is 2. The topological polar surface area (TPSA) is 109 Å². The van der Waals surface area contributed by atoms with Crippen molar-refractivity contribution in [1.29, 1.82) is 0 Å². The maximum atomic E-state index is 10.9. The number of fused-ring (bicyclic) bond motifs is 1. The average molecular weight is 328 g/mol. The van der Waals surface area contributed by atoms with Crippen LogP contribution in [0.1, 0.15) is 0 Å². The van der Waals surface area contributed by atoms with Crippen LogP contribution in [0.15, 0.2) is 46.2 Å². The molecule has 0 unspecified atom stereocenters. The Morgan fingerprint density at radius 1 is 0.684 bits per heavy atom. The van der Waals surface area contributed by atoms with Crippen molar-refractivity contribution in [2.75, 3.05) is 0 Å². The van der Waals surface area contributed by atoms with E-state index in [0.717, 1.165) is 12.1 Å². The third-order valence-corrected chi connectivity index (χ3v) is 4.08. The zero-order chi connectivity index (χ0) is 13.6. The van der Waals surface area contributed by atoms with E-state index >= 15 is 0 Å². The third kappa shape index (κ3) is 3.88. The maximum Gasteiger partial charge on any atom is 0.294 e. The summed E-state index contributed by atoms with van der Waals surface area (Å²) in [6, 6.07) is 7.38. The van der Waals surface area contributed by atoms with Gasteiger partial charge in [0.25, 0.3) is 20.2 Å². The Hall–Kier alpha value is -0.220. The van der Waals surface area contributed by atoms with E-state index in [1.165, 1.54) is 24.3 Å². The second-order valence-corrected chi connectivity index (χ2v) is 6.46. The van der Waals surface area contributed by atoms with Gasteiger partial charge in [-0.1, -0.05) is 12.1 Å². The molecule has 2 radical (unpaired) electrons. The van der Waals surface area contributed by atoms with E-state index in [1.807, 2.05) is 0 Å².